The van der Waals surface area contributed by atoms with Crippen molar-refractivity contribution in [3.8, 4) is 5.75 Å². The minimum absolute atomic E-state index is 0.395. The van der Waals surface area contributed by atoms with Gasteiger partial charge in [0.25, 0.3) is 0 Å². The Labute approximate surface area is 133 Å². The predicted molar refractivity (Wildman–Crippen MR) is 89.6 cm³/mol. The fourth-order valence-electron chi connectivity index (χ4n) is 1.93. The van der Waals surface area contributed by atoms with E-state index in [-0.39, 0.29) is 0 Å². The Balaban J connectivity index is 2.29. The molecule has 0 aliphatic rings. The molecule has 1 rings (SSSR count). The molecule has 124 valence electrons. The van der Waals surface area contributed by atoms with Gasteiger partial charge in [0.05, 0.1) is 6.61 Å². The van der Waals surface area contributed by atoms with Crippen molar-refractivity contribution < 1.29 is 14.3 Å². The maximum Gasteiger partial charge on any atom is 0.411 e. The zero-order valence-corrected chi connectivity index (χ0v) is 13.9. The van der Waals surface area contributed by atoms with E-state index in [9.17, 15) is 4.79 Å². The maximum absolute atomic E-state index is 11.7. The van der Waals surface area contributed by atoms with Crippen LogP contribution >= 0.6 is 0 Å². The van der Waals surface area contributed by atoms with Gasteiger partial charge >= 0.3 is 6.09 Å². The smallest absolute Gasteiger partial charge is 0.411 e. The van der Waals surface area contributed by atoms with Crippen molar-refractivity contribution in [1.82, 2.24) is 4.90 Å². The van der Waals surface area contributed by atoms with Crippen LogP contribution in [0.1, 0.15) is 33.6 Å². The first-order valence-electron chi connectivity index (χ1n) is 8.08. The Morgan fingerprint density at radius 2 is 1.77 bits per heavy atom. The number of ether oxygens (including phenoxy) is 2. The Bertz CT molecular complexity index is 416. The molecule has 0 spiro atoms. The molecular weight excluding hydrogens is 280 g/mol. The van der Waals surface area contributed by atoms with Crippen molar-refractivity contribution in [2.75, 3.05) is 38.2 Å². The summed E-state index contributed by atoms with van der Waals surface area (Å²) >= 11 is 0. The van der Waals surface area contributed by atoms with Crippen molar-refractivity contribution in [2.45, 2.75) is 33.6 Å². The van der Waals surface area contributed by atoms with Crippen LogP contribution < -0.4 is 10.1 Å². The molecular formula is C17H28N2O3. The molecule has 0 unspecified atom stereocenters. The molecule has 1 aromatic carbocycles. The Kier molecular flexibility index (Phi) is 9.07. The number of nitrogens with zero attached hydrogens (tertiary/aromatic N) is 1. The first-order valence-corrected chi connectivity index (χ1v) is 8.08. The van der Waals surface area contributed by atoms with Gasteiger partial charge in [-0.25, -0.2) is 4.79 Å². The summed E-state index contributed by atoms with van der Waals surface area (Å²) in [7, 11) is 0. The van der Waals surface area contributed by atoms with Crippen LogP contribution in [0.25, 0.3) is 0 Å². The fraction of sp³-hybridized carbons (Fsp3) is 0.588. The van der Waals surface area contributed by atoms with Crippen molar-refractivity contribution in [2.24, 2.45) is 0 Å². The zero-order valence-electron chi connectivity index (χ0n) is 13.9. The molecule has 0 heterocycles. The standard InChI is InChI=1S/C17H28N2O3/c1-4-7-13-21-16-10-8-15(9-11-16)18-17(20)22-14-12-19(5-2)6-3/h8-11H,4-7,12-14H2,1-3H3,(H,18,20). The monoisotopic (exact) mass is 308 g/mol. The van der Waals surface area contributed by atoms with E-state index >= 15 is 0 Å². The van der Waals surface area contributed by atoms with Crippen LogP contribution in [0.5, 0.6) is 5.75 Å². The topological polar surface area (TPSA) is 50.8 Å². The highest BCUT2D eigenvalue weighted by atomic mass is 16.5. The second-order valence-corrected chi connectivity index (χ2v) is 5.01. The van der Waals surface area contributed by atoms with E-state index in [0.717, 1.165) is 44.8 Å². The van der Waals surface area contributed by atoms with Crippen LogP contribution in [0.15, 0.2) is 24.3 Å². The molecule has 5 heteroatoms. The summed E-state index contributed by atoms with van der Waals surface area (Å²) < 4.78 is 10.7. The molecule has 0 fully saturated rings. The van der Waals surface area contributed by atoms with Gasteiger partial charge in [0, 0.05) is 12.2 Å². The van der Waals surface area contributed by atoms with Crippen molar-refractivity contribution in [1.29, 1.82) is 0 Å². The molecule has 1 N–H and O–H groups in total. The van der Waals surface area contributed by atoms with Gasteiger partial charge in [0.1, 0.15) is 12.4 Å². The Morgan fingerprint density at radius 1 is 1.09 bits per heavy atom. The lowest BCUT2D eigenvalue weighted by molar-refractivity contribution is 0.142. The number of carbonyl (C=O) groups is 1. The van der Waals surface area contributed by atoms with Gasteiger partial charge in [-0.2, -0.15) is 0 Å². The first kappa shape index (κ1) is 18.3. The molecule has 22 heavy (non-hydrogen) atoms. The number of nitrogens with one attached hydrogen (secondary N) is 1. The predicted octanol–water partition coefficient (Wildman–Crippen LogP) is 3.76. The summed E-state index contributed by atoms with van der Waals surface area (Å²) in [5.74, 6) is 0.814. The van der Waals surface area contributed by atoms with E-state index in [2.05, 4.69) is 31.0 Å². The van der Waals surface area contributed by atoms with E-state index in [0.29, 0.717) is 12.3 Å². The minimum atomic E-state index is -0.424. The van der Waals surface area contributed by atoms with Gasteiger partial charge in [-0.15, -0.1) is 0 Å². The molecule has 0 aliphatic heterocycles. The van der Waals surface area contributed by atoms with Gasteiger partial charge in [-0.1, -0.05) is 27.2 Å². The number of hydrogen-bond donors (Lipinski definition) is 1. The summed E-state index contributed by atoms with van der Waals surface area (Å²) in [6.45, 7) is 10.1. The molecule has 0 aliphatic carbocycles. The molecule has 0 saturated heterocycles. The molecule has 0 bridgehead atoms. The second-order valence-electron chi connectivity index (χ2n) is 5.01. The fourth-order valence-corrected chi connectivity index (χ4v) is 1.93. The summed E-state index contributed by atoms with van der Waals surface area (Å²) in [5, 5.41) is 2.71. The molecule has 0 aromatic heterocycles. The van der Waals surface area contributed by atoms with Crippen LogP contribution in [0, 0.1) is 0 Å². The average Bonchev–Trinajstić information content (AvgIpc) is 2.53. The van der Waals surface area contributed by atoms with Gasteiger partial charge < -0.3 is 14.4 Å². The van der Waals surface area contributed by atoms with Crippen LogP contribution in [-0.2, 0) is 4.74 Å². The van der Waals surface area contributed by atoms with E-state index in [4.69, 9.17) is 9.47 Å². The maximum atomic E-state index is 11.7. The molecule has 0 saturated carbocycles. The third kappa shape index (κ3) is 7.31. The quantitative estimate of drug-likeness (QED) is 0.669. The highest BCUT2D eigenvalue weighted by molar-refractivity contribution is 5.84. The highest BCUT2D eigenvalue weighted by Gasteiger charge is 2.05. The summed E-state index contributed by atoms with van der Waals surface area (Å²) in [4.78, 5) is 13.9. The lowest BCUT2D eigenvalue weighted by atomic mass is 10.3. The number of amides is 1. The minimum Gasteiger partial charge on any atom is -0.494 e. The first-order chi connectivity index (χ1) is 10.7. The van der Waals surface area contributed by atoms with Crippen molar-refractivity contribution in [3.05, 3.63) is 24.3 Å². The third-order valence-electron chi connectivity index (χ3n) is 3.40. The SMILES string of the molecule is CCCCOc1ccc(NC(=O)OCCN(CC)CC)cc1. The highest BCUT2D eigenvalue weighted by Crippen LogP contribution is 2.16. The Hall–Kier alpha value is -1.75. The van der Waals surface area contributed by atoms with Gasteiger partial charge in [-0.05, 0) is 43.8 Å². The van der Waals surface area contributed by atoms with E-state index in [1.165, 1.54) is 0 Å². The van der Waals surface area contributed by atoms with Gasteiger partial charge in [0.15, 0.2) is 0 Å². The molecule has 0 radical (unpaired) electrons. The Morgan fingerprint density at radius 3 is 2.36 bits per heavy atom. The molecule has 1 aromatic rings. The summed E-state index contributed by atoms with van der Waals surface area (Å²) in [5.41, 5.74) is 0.704. The lowest BCUT2D eigenvalue weighted by Crippen LogP contribution is -2.28. The lowest BCUT2D eigenvalue weighted by Gasteiger charge is -2.17. The van der Waals surface area contributed by atoms with Crippen molar-refractivity contribution >= 4 is 11.8 Å². The van der Waals surface area contributed by atoms with E-state index in [1.54, 1.807) is 0 Å². The normalized spacial score (nSPS) is 10.5. The zero-order chi connectivity index (χ0) is 16.2. The number of rotatable bonds is 10. The summed E-state index contributed by atoms with van der Waals surface area (Å²) in [6, 6.07) is 7.32. The van der Waals surface area contributed by atoms with Crippen LogP contribution in [-0.4, -0.2) is 43.8 Å². The number of likely N-dealkylation sites (N-methyl/N-ethyl adjacent to an activating group) is 1. The third-order valence-corrected chi connectivity index (χ3v) is 3.40. The molecule has 1 amide bonds. The van der Waals surface area contributed by atoms with Crippen LogP contribution in [0.3, 0.4) is 0 Å². The van der Waals surface area contributed by atoms with Crippen LogP contribution in [0.4, 0.5) is 10.5 Å². The second kappa shape index (κ2) is 10.9. The summed E-state index contributed by atoms with van der Waals surface area (Å²) in [6.07, 6.45) is 1.73. The van der Waals surface area contributed by atoms with Crippen LogP contribution in [0.2, 0.25) is 0 Å². The number of hydrogen-bond acceptors (Lipinski definition) is 4. The van der Waals surface area contributed by atoms with E-state index in [1.807, 2.05) is 24.3 Å². The van der Waals surface area contributed by atoms with Gasteiger partial charge in [-0.3, -0.25) is 5.32 Å². The largest absolute Gasteiger partial charge is 0.494 e. The van der Waals surface area contributed by atoms with E-state index < -0.39 is 6.09 Å². The van der Waals surface area contributed by atoms with Gasteiger partial charge in [0.2, 0.25) is 0 Å². The number of anilines is 1. The van der Waals surface area contributed by atoms with Crippen molar-refractivity contribution in [3.63, 3.8) is 0 Å². The average molecular weight is 308 g/mol. The number of benzene rings is 1. The number of carbonyl (C=O) groups excluding carboxylic acids is 1. The molecule has 0 atom stereocenters. The number of unbranched alkanes of at least 4 members (excludes halogenated alkanes) is 1. The molecule has 5 nitrogen and oxygen atoms in total.